The van der Waals surface area contributed by atoms with Crippen LogP contribution in [-0.4, -0.2) is 37.1 Å². The van der Waals surface area contributed by atoms with Gasteiger partial charge in [0.25, 0.3) is 0 Å². The Morgan fingerprint density at radius 2 is 2.27 bits per heavy atom. The largest absolute Gasteiger partial charge is 0.312 e. The smallest absolute Gasteiger partial charge is 0.0153 e. The third-order valence-electron chi connectivity index (χ3n) is 4.30. The van der Waals surface area contributed by atoms with Crippen LogP contribution in [0.1, 0.15) is 45.4 Å². The van der Waals surface area contributed by atoms with Crippen LogP contribution in [0.15, 0.2) is 0 Å². The number of hydrogen-bond donors (Lipinski definition) is 1. The summed E-state index contributed by atoms with van der Waals surface area (Å²) in [5.41, 5.74) is 0.458. The summed E-state index contributed by atoms with van der Waals surface area (Å²) in [6.07, 6.45) is 8.41. The lowest BCUT2D eigenvalue weighted by molar-refractivity contribution is 0.240. The summed E-state index contributed by atoms with van der Waals surface area (Å²) < 4.78 is 0. The first kappa shape index (κ1) is 11.4. The second-order valence-electron chi connectivity index (χ2n) is 5.90. The van der Waals surface area contributed by atoms with Gasteiger partial charge in [-0.2, -0.15) is 0 Å². The average molecular weight is 210 g/mol. The molecule has 2 aliphatic rings. The van der Waals surface area contributed by atoms with Crippen molar-refractivity contribution in [3.05, 3.63) is 0 Å². The molecule has 0 aromatic carbocycles. The summed E-state index contributed by atoms with van der Waals surface area (Å²) in [5.74, 6) is 0.968. The summed E-state index contributed by atoms with van der Waals surface area (Å²) in [7, 11) is 2.25. The zero-order valence-electron chi connectivity index (χ0n) is 10.4. The maximum absolute atomic E-state index is 3.72. The van der Waals surface area contributed by atoms with Gasteiger partial charge in [0.1, 0.15) is 0 Å². The lowest BCUT2D eigenvalue weighted by Crippen LogP contribution is -2.46. The van der Waals surface area contributed by atoms with Gasteiger partial charge in [0.2, 0.25) is 0 Å². The predicted molar refractivity (Wildman–Crippen MR) is 65.1 cm³/mol. The van der Waals surface area contributed by atoms with E-state index in [-0.39, 0.29) is 0 Å². The summed E-state index contributed by atoms with van der Waals surface area (Å²) in [4.78, 5) is 2.47. The monoisotopic (exact) mass is 210 g/mol. The molecule has 2 saturated heterocycles. The SMILES string of the molecule is CN1CCC(CCC2(C)CCCCN2)C1. The van der Waals surface area contributed by atoms with Crippen LogP contribution >= 0.6 is 0 Å². The van der Waals surface area contributed by atoms with Crippen molar-refractivity contribution < 1.29 is 0 Å². The quantitative estimate of drug-likeness (QED) is 0.768. The molecule has 0 aromatic heterocycles. The third kappa shape index (κ3) is 3.18. The second-order valence-corrected chi connectivity index (χ2v) is 5.90. The van der Waals surface area contributed by atoms with Crippen molar-refractivity contribution in [2.45, 2.75) is 51.0 Å². The summed E-state index contributed by atoms with van der Waals surface area (Å²) in [5, 5.41) is 3.72. The van der Waals surface area contributed by atoms with Gasteiger partial charge in [-0.3, -0.25) is 0 Å². The van der Waals surface area contributed by atoms with E-state index in [0.29, 0.717) is 5.54 Å². The Hall–Kier alpha value is -0.0800. The molecule has 2 rings (SSSR count). The van der Waals surface area contributed by atoms with E-state index in [2.05, 4.69) is 24.2 Å². The van der Waals surface area contributed by atoms with Crippen molar-refractivity contribution in [2.75, 3.05) is 26.7 Å². The van der Waals surface area contributed by atoms with Gasteiger partial charge in [0, 0.05) is 12.1 Å². The molecule has 0 bridgehead atoms. The van der Waals surface area contributed by atoms with Gasteiger partial charge in [0.05, 0.1) is 0 Å². The highest BCUT2D eigenvalue weighted by Gasteiger charge is 2.28. The van der Waals surface area contributed by atoms with Crippen LogP contribution in [0.5, 0.6) is 0 Å². The van der Waals surface area contributed by atoms with Gasteiger partial charge >= 0.3 is 0 Å². The Kier molecular flexibility index (Phi) is 3.68. The molecule has 2 heteroatoms. The Morgan fingerprint density at radius 3 is 2.87 bits per heavy atom. The topological polar surface area (TPSA) is 15.3 Å². The summed E-state index contributed by atoms with van der Waals surface area (Å²) in [6, 6.07) is 0. The van der Waals surface area contributed by atoms with Crippen molar-refractivity contribution in [1.82, 2.24) is 10.2 Å². The van der Waals surface area contributed by atoms with E-state index < -0.39 is 0 Å². The van der Waals surface area contributed by atoms with Gasteiger partial charge in [-0.25, -0.2) is 0 Å². The average Bonchev–Trinajstić information content (AvgIpc) is 2.63. The minimum Gasteiger partial charge on any atom is -0.312 e. The molecule has 15 heavy (non-hydrogen) atoms. The van der Waals surface area contributed by atoms with Crippen LogP contribution in [0, 0.1) is 5.92 Å². The van der Waals surface area contributed by atoms with Gasteiger partial charge in [0.15, 0.2) is 0 Å². The molecule has 2 aliphatic heterocycles. The Morgan fingerprint density at radius 1 is 1.40 bits per heavy atom. The molecule has 2 heterocycles. The maximum Gasteiger partial charge on any atom is 0.0153 e. The molecule has 2 fully saturated rings. The summed E-state index contributed by atoms with van der Waals surface area (Å²) in [6.45, 7) is 6.30. The van der Waals surface area contributed by atoms with E-state index in [9.17, 15) is 0 Å². The fraction of sp³-hybridized carbons (Fsp3) is 1.00. The first-order valence-corrected chi connectivity index (χ1v) is 6.62. The molecule has 2 unspecified atom stereocenters. The van der Waals surface area contributed by atoms with Gasteiger partial charge in [-0.1, -0.05) is 6.42 Å². The van der Waals surface area contributed by atoms with E-state index >= 15 is 0 Å². The molecule has 0 aromatic rings. The molecule has 0 aliphatic carbocycles. The first-order chi connectivity index (χ1) is 7.18. The minimum atomic E-state index is 0.458. The Balaban J connectivity index is 1.72. The lowest BCUT2D eigenvalue weighted by Gasteiger charge is -2.35. The molecule has 1 N–H and O–H groups in total. The van der Waals surface area contributed by atoms with E-state index in [1.165, 1.54) is 58.2 Å². The molecular weight excluding hydrogens is 184 g/mol. The van der Waals surface area contributed by atoms with E-state index in [1.54, 1.807) is 0 Å². The van der Waals surface area contributed by atoms with E-state index in [4.69, 9.17) is 0 Å². The highest BCUT2D eigenvalue weighted by molar-refractivity contribution is 4.87. The van der Waals surface area contributed by atoms with E-state index in [0.717, 1.165) is 5.92 Å². The molecule has 0 amide bonds. The van der Waals surface area contributed by atoms with Crippen LogP contribution in [0.2, 0.25) is 0 Å². The van der Waals surface area contributed by atoms with Crippen LogP contribution in [-0.2, 0) is 0 Å². The van der Waals surface area contributed by atoms with Crippen molar-refractivity contribution in [1.29, 1.82) is 0 Å². The highest BCUT2D eigenvalue weighted by atomic mass is 15.1. The van der Waals surface area contributed by atoms with Crippen LogP contribution < -0.4 is 5.32 Å². The number of piperidine rings is 1. The first-order valence-electron chi connectivity index (χ1n) is 6.62. The van der Waals surface area contributed by atoms with Crippen LogP contribution in [0.25, 0.3) is 0 Å². The van der Waals surface area contributed by atoms with Gasteiger partial charge in [-0.05, 0) is 65.1 Å². The predicted octanol–water partition coefficient (Wildman–Crippen LogP) is 2.25. The number of likely N-dealkylation sites (tertiary alicyclic amines) is 1. The zero-order chi connectivity index (χ0) is 10.7. The van der Waals surface area contributed by atoms with Crippen molar-refractivity contribution >= 4 is 0 Å². The number of rotatable bonds is 3. The Bertz CT molecular complexity index is 197. The molecule has 0 saturated carbocycles. The van der Waals surface area contributed by atoms with E-state index in [1.807, 2.05) is 0 Å². The number of nitrogens with zero attached hydrogens (tertiary/aromatic N) is 1. The minimum absolute atomic E-state index is 0.458. The molecule has 0 spiro atoms. The lowest BCUT2D eigenvalue weighted by atomic mass is 9.84. The molecular formula is C13H26N2. The second kappa shape index (κ2) is 4.84. The third-order valence-corrected chi connectivity index (χ3v) is 4.30. The van der Waals surface area contributed by atoms with Crippen molar-refractivity contribution in [2.24, 2.45) is 5.92 Å². The van der Waals surface area contributed by atoms with Gasteiger partial charge in [-0.15, -0.1) is 0 Å². The maximum atomic E-state index is 3.72. The highest BCUT2D eigenvalue weighted by Crippen LogP contribution is 2.28. The standard InChI is InChI=1S/C13H26N2/c1-13(7-3-4-9-14-13)8-5-12-6-10-15(2)11-12/h12,14H,3-11H2,1-2H3. The zero-order valence-corrected chi connectivity index (χ0v) is 10.4. The molecule has 2 nitrogen and oxygen atoms in total. The fourth-order valence-electron chi connectivity index (χ4n) is 3.12. The van der Waals surface area contributed by atoms with Crippen LogP contribution in [0.4, 0.5) is 0 Å². The van der Waals surface area contributed by atoms with Gasteiger partial charge < -0.3 is 10.2 Å². The molecule has 88 valence electrons. The number of hydrogen-bond acceptors (Lipinski definition) is 2. The normalized spacial score (nSPS) is 38.4. The Labute approximate surface area is 94.4 Å². The molecule has 0 radical (unpaired) electrons. The van der Waals surface area contributed by atoms with Crippen LogP contribution in [0.3, 0.4) is 0 Å². The summed E-state index contributed by atoms with van der Waals surface area (Å²) >= 11 is 0. The molecule has 2 atom stereocenters. The fourth-order valence-corrected chi connectivity index (χ4v) is 3.12. The van der Waals surface area contributed by atoms with Crippen molar-refractivity contribution in [3.63, 3.8) is 0 Å². The number of nitrogens with one attached hydrogen (secondary N) is 1. The van der Waals surface area contributed by atoms with Crippen molar-refractivity contribution in [3.8, 4) is 0 Å².